The Balaban J connectivity index is 3.78. The third kappa shape index (κ3) is 5.47. The molecule has 0 aliphatic carbocycles. The average Bonchev–Trinajstić information content (AvgIpc) is 2.05. The summed E-state index contributed by atoms with van der Waals surface area (Å²) in [5, 5.41) is 2.47. The van der Waals surface area contributed by atoms with E-state index in [4.69, 9.17) is 16.3 Å². The number of alkyl halides is 1. The van der Waals surface area contributed by atoms with Crippen molar-refractivity contribution in [3.63, 3.8) is 0 Å². The molecule has 0 rings (SSSR count). The number of carbonyl (C=O) groups is 2. The molecule has 0 aromatic rings. The minimum absolute atomic E-state index is 0.214. The summed E-state index contributed by atoms with van der Waals surface area (Å²) >= 11 is 5.34. The van der Waals surface area contributed by atoms with Crippen molar-refractivity contribution < 1.29 is 14.3 Å². The maximum atomic E-state index is 11.0. The van der Waals surface area contributed by atoms with Crippen LogP contribution in [0.1, 0.15) is 20.3 Å². The maximum absolute atomic E-state index is 11.0. The lowest BCUT2D eigenvalue weighted by Crippen LogP contribution is -2.39. The Morgan fingerprint density at radius 1 is 1.54 bits per heavy atom. The molecule has 1 atom stereocenters. The van der Waals surface area contributed by atoms with Gasteiger partial charge < -0.3 is 10.1 Å². The first-order valence-electron chi connectivity index (χ1n) is 4.13. The van der Waals surface area contributed by atoms with Gasteiger partial charge in [-0.3, -0.25) is 4.79 Å². The number of hydrogen-bond donors (Lipinski definition) is 1. The van der Waals surface area contributed by atoms with Crippen molar-refractivity contribution in [1.82, 2.24) is 5.32 Å². The Morgan fingerprint density at radius 2 is 2.15 bits per heavy atom. The summed E-state index contributed by atoms with van der Waals surface area (Å²) in [5.41, 5.74) is 0. The van der Waals surface area contributed by atoms with Crippen LogP contribution in [0, 0.1) is 0 Å². The van der Waals surface area contributed by atoms with Crippen molar-refractivity contribution in [2.45, 2.75) is 26.3 Å². The predicted molar refractivity (Wildman–Crippen MR) is 49.6 cm³/mol. The Hall–Kier alpha value is -0.770. The smallest absolute Gasteiger partial charge is 0.328 e. The van der Waals surface area contributed by atoms with Gasteiger partial charge in [0.2, 0.25) is 5.91 Å². The number of carbonyl (C=O) groups excluding carboxylic acids is 2. The van der Waals surface area contributed by atoms with Crippen LogP contribution in [0.15, 0.2) is 0 Å². The summed E-state index contributed by atoms with van der Waals surface area (Å²) in [6.07, 6.45) is 0.214. The van der Waals surface area contributed by atoms with Crippen molar-refractivity contribution in [1.29, 1.82) is 0 Å². The van der Waals surface area contributed by atoms with Gasteiger partial charge in [0, 0.05) is 12.3 Å². The highest BCUT2D eigenvalue weighted by Crippen LogP contribution is 1.90. The highest BCUT2D eigenvalue weighted by atomic mass is 35.5. The fourth-order valence-corrected chi connectivity index (χ4v) is 0.897. The number of nitrogens with one attached hydrogen (secondary N) is 1. The Morgan fingerprint density at radius 3 is 2.62 bits per heavy atom. The molecule has 4 nitrogen and oxygen atoms in total. The molecule has 76 valence electrons. The summed E-state index contributed by atoms with van der Waals surface area (Å²) in [4.78, 5) is 22.0. The monoisotopic (exact) mass is 207 g/mol. The van der Waals surface area contributed by atoms with Crippen molar-refractivity contribution >= 4 is 23.5 Å². The first-order valence-corrected chi connectivity index (χ1v) is 4.67. The van der Waals surface area contributed by atoms with Crippen LogP contribution in [0.3, 0.4) is 0 Å². The molecular formula is C8H14ClNO3. The van der Waals surface area contributed by atoms with Gasteiger partial charge in [-0.05, 0) is 13.8 Å². The van der Waals surface area contributed by atoms with E-state index in [-0.39, 0.29) is 18.2 Å². The van der Waals surface area contributed by atoms with E-state index >= 15 is 0 Å². The van der Waals surface area contributed by atoms with Gasteiger partial charge in [-0.25, -0.2) is 4.79 Å². The number of ether oxygens (including phenoxy) is 1. The summed E-state index contributed by atoms with van der Waals surface area (Å²) in [7, 11) is 0. The average molecular weight is 208 g/mol. The summed E-state index contributed by atoms with van der Waals surface area (Å²) in [6, 6.07) is -0.601. The molecule has 1 amide bonds. The lowest BCUT2D eigenvalue weighted by molar-refractivity contribution is -0.146. The van der Waals surface area contributed by atoms with Gasteiger partial charge in [0.25, 0.3) is 0 Å². The second-order valence-corrected chi connectivity index (χ2v) is 2.86. The van der Waals surface area contributed by atoms with E-state index in [0.717, 1.165) is 0 Å². The molecule has 0 bridgehead atoms. The van der Waals surface area contributed by atoms with Gasteiger partial charge >= 0.3 is 5.97 Å². The Kier molecular flexibility index (Phi) is 6.32. The predicted octanol–water partition coefficient (Wildman–Crippen LogP) is 0.683. The lowest BCUT2D eigenvalue weighted by Gasteiger charge is -2.11. The second kappa shape index (κ2) is 6.71. The van der Waals surface area contributed by atoms with Crippen LogP contribution in [-0.4, -0.2) is 30.4 Å². The number of esters is 1. The van der Waals surface area contributed by atoms with E-state index < -0.39 is 12.0 Å². The molecular weight excluding hydrogens is 194 g/mol. The summed E-state index contributed by atoms with van der Waals surface area (Å²) in [6.45, 7) is 3.60. The fraction of sp³-hybridized carbons (Fsp3) is 0.750. The molecule has 0 aliphatic heterocycles. The quantitative estimate of drug-likeness (QED) is 0.533. The first-order chi connectivity index (χ1) is 6.11. The minimum Gasteiger partial charge on any atom is -0.464 e. The van der Waals surface area contributed by atoms with E-state index in [9.17, 15) is 9.59 Å². The van der Waals surface area contributed by atoms with E-state index in [2.05, 4.69) is 5.32 Å². The largest absolute Gasteiger partial charge is 0.464 e. The van der Waals surface area contributed by atoms with Crippen LogP contribution in [0.5, 0.6) is 0 Å². The van der Waals surface area contributed by atoms with Gasteiger partial charge in [-0.15, -0.1) is 11.6 Å². The van der Waals surface area contributed by atoms with Gasteiger partial charge in [-0.1, -0.05) is 0 Å². The van der Waals surface area contributed by atoms with Crippen molar-refractivity contribution in [3.05, 3.63) is 0 Å². The first kappa shape index (κ1) is 12.2. The topological polar surface area (TPSA) is 55.4 Å². The van der Waals surface area contributed by atoms with Crippen LogP contribution >= 0.6 is 11.6 Å². The molecule has 0 aromatic heterocycles. The van der Waals surface area contributed by atoms with Gasteiger partial charge in [-0.2, -0.15) is 0 Å². The molecule has 1 unspecified atom stereocenters. The standard InChI is InChI=1S/C8H14ClNO3/c1-3-13-8(12)6(2)10-7(11)4-5-9/h6H,3-5H2,1-2H3,(H,10,11). The van der Waals surface area contributed by atoms with E-state index in [1.165, 1.54) is 0 Å². The molecule has 0 saturated heterocycles. The number of rotatable bonds is 5. The van der Waals surface area contributed by atoms with Gasteiger partial charge in [0.15, 0.2) is 0 Å². The summed E-state index contributed by atoms with van der Waals surface area (Å²) < 4.78 is 4.70. The van der Waals surface area contributed by atoms with Crippen LogP contribution in [-0.2, 0) is 14.3 Å². The van der Waals surface area contributed by atoms with Crippen LogP contribution < -0.4 is 5.32 Å². The van der Waals surface area contributed by atoms with E-state index in [0.29, 0.717) is 6.61 Å². The number of amides is 1. The highest BCUT2D eigenvalue weighted by Gasteiger charge is 2.15. The Labute approximate surface area is 82.6 Å². The van der Waals surface area contributed by atoms with Crippen LogP contribution in [0.25, 0.3) is 0 Å². The molecule has 0 aromatic carbocycles. The van der Waals surface area contributed by atoms with E-state index in [1.807, 2.05) is 0 Å². The molecule has 0 saturated carbocycles. The van der Waals surface area contributed by atoms with Crippen LogP contribution in [0.2, 0.25) is 0 Å². The SMILES string of the molecule is CCOC(=O)C(C)NC(=O)CCCl. The maximum Gasteiger partial charge on any atom is 0.328 e. The lowest BCUT2D eigenvalue weighted by atomic mass is 10.3. The third-order valence-corrected chi connectivity index (χ3v) is 1.53. The molecule has 1 N–H and O–H groups in total. The molecule has 0 radical (unpaired) electrons. The fourth-order valence-electron chi connectivity index (χ4n) is 0.726. The molecule has 0 aliphatic rings. The third-order valence-electron chi connectivity index (χ3n) is 1.34. The second-order valence-electron chi connectivity index (χ2n) is 2.48. The zero-order valence-corrected chi connectivity index (χ0v) is 8.56. The number of hydrogen-bond acceptors (Lipinski definition) is 3. The molecule has 0 heterocycles. The summed E-state index contributed by atoms with van der Waals surface area (Å²) in [5.74, 6) is -0.414. The van der Waals surface area contributed by atoms with Gasteiger partial charge in [0.05, 0.1) is 6.61 Å². The molecule has 5 heteroatoms. The highest BCUT2D eigenvalue weighted by molar-refractivity contribution is 6.18. The van der Waals surface area contributed by atoms with E-state index in [1.54, 1.807) is 13.8 Å². The van der Waals surface area contributed by atoms with Crippen molar-refractivity contribution in [2.75, 3.05) is 12.5 Å². The van der Waals surface area contributed by atoms with Gasteiger partial charge in [0.1, 0.15) is 6.04 Å². The zero-order valence-electron chi connectivity index (χ0n) is 7.80. The van der Waals surface area contributed by atoms with Crippen molar-refractivity contribution in [2.24, 2.45) is 0 Å². The molecule has 13 heavy (non-hydrogen) atoms. The molecule has 0 fully saturated rings. The minimum atomic E-state index is -0.601. The molecule has 0 spiro atoms. The van der Waals surface area contributed by atoms with Crippen molar-refractivity contribution in [3.8, 4) is 0 Å². The number of halogens is 1. The van der Waals surface area contributed by atoms with Crippen LogP contribution in [0.4, 0.5) is 0 Å². The normalized spacial score (nSPS) is 11.9. The zero-order chi connectivity index (χ0) is 10.3. The Bertz CT molecular complexity index is 184.